The highest BCUT2D eigenvalue weighted by atomic mass is 16.5. The highest BCUT2D eigenvalue weighted by Gasteiger charge is 2.01. The van der Waals surface area contributed by atoms with Crippen molar-refractivity contribution in [3.05, 3.63) is 59.2 Å². The molecule has 0 N–H and O–H groups in total. The summed E-state index contributed by atoms with van der Waals surface area (Å²) in [7, 11) is 0. The number of carbonyl (C=O) groups excluding carboxylic acids is 1. The fourth-order valence-corrected chi connectivity index (χ4v) is 1.58. The van der Waals surface area contributed by atoms with Gasteiger partial charge in [0.1, 0.15) is 17.8 Å². The molecule has 3 heteroatoms. The van der Waals surface area contributed by atoms with Crippen LogP contribution in [0.1, 0.15) is 21.5 Å². The molecule has 0 aliphatic carbocycles. The van der Waals surface area contributed by atoms with Crippen LogP contribution >= 0.6 is 0 Å². The normalized spacial score (nSPS) is 9.56. The molecule has 0 aliphatic rings. The predicted octanol–water partition coefficient (Wildman–Crippen LogP) is 3.47. The number of hydrogen-bond donors (Lipinski definition) is 0. The van der Waals surface area contributed by atoms with Gasteiger partial charge in [-0.2, -0.15) is 5.26 Å². The first kappa shape index (κ1) is 11.9. The number of benzene rings is 2. The molecule has 88 valence electrons. The molecular formula is C15H11NO2. The maximum absolute atomic E-state index is 10.7. The average molecular weight is 237 g/mol. The molecule has 0 saturated carbocycles. The molecule has 18 heavy (non-hydrogen) atoms. The summed E-state index contributed by atoms with van der Waals surface area (Å²) in [5, 5.41) is 8.69. The van der Waals surface area contributed by atoms with Gasteiger partial charge < -0.3 is 4.74 Å². The summed E-state index contributed by atoms with van der Waals surface area (Å²) in [6, 6.07) is 14.2. The fraction of sp³-hybridized carbons (Fsp3) is 0.0667. The molecule has 0 atom stereocenters. The van der Waals surface area contributed by atoms with E-state index in [2.05, 4.69) is 0 Å². The number of carbonyl (C=O) groups is 1. The van der Waals surface area contributed by atoms with Crippen LogP contribution in [0.2, 0.25) is 0 Å². The summed E-state index contributed by atoms with van der Waals surface area (Å²) in [5.41, 5.74) is 2.12. The van der Waals surface area contributed by atoms with Crippen LogP contribution in [-0.2, 0) is 0 Å². The van der Waals surface area contributed by atoms with Crippen molar-refractivity contribution in [1.29, 1.82) is 5.26 Å². The van der Waals surface area contributed by atoms with Crippen LogP contribution in [0.5, 0.6) is 11.5 Å². The van der Waals surface area contributed by atoms with Gasteiger partial charge in [0.2, 0.25) is 0 Å². The van der Waals surface area contributed by atoms with Crippen LogP contribution in [-0.4, -0.2) is 6.29 Å². The zero-order chi connectivity index (χ0) is 13.0. The third kappa shape index (κ3) is 2.55. The lowest BCUT2D eigenvalue weighted by Crippen LogP contribution is -1.89. The Bertz CT molecular complexity index is 609. The van der Waals surface area contributed by atoms with Crippen LogP contribution in [0.25, 0.3) is 0 Å². The fourth-order valence-electron chi connectivity index (χ4n) is 1.58. The van der Waals surface area contributed by atoms with Crippen molar-refractivity contribution in [2.24, 2.45) is 0 Å². The Balaban J connectivity index is 2.20. The van der Waals surface area contributed by atoms with Crippen LogP contribution in [0.15, 0.2) is 42.5 Å². The maximum atomic E-state index is 10.7. The number of aldehydes is 1. The topological polar surface area (TPSA) is 50.1 Å². The SMILES string of the molecule is Cc1cc(Oc2ccc(C#N)cc2)ccc1C=O. The Morgan fingerprint density at radius 2 is 1.78 bits per heavy atom. The molecule has 2 aromatic rings. The van der Waals surface area contributed by atoms with E-state index < -0.39 is 0 Å². The van der Waals surface area contributed by atoms with Gasteiger partial charge in [-0.25, -0.2) is 0 Å². The summed E-state index contributed by atoms with van der Waals surface area (Å²) < 4.78 is 5.63. The average Bonchev–Trinajstić information content (AvgIpc) is 2.40. The molecule has 0 heterocycles. The minimum Gasteiger partial charge on any atom is -0.457 e. The number of hydrogen-bond acceptors (Lipinski definition) is 3. The molecular weight excluding hydrogens is 226 g/mol. The third-order valence-corrected chi connectivity index (χ3v) is 2.59. The lowest BCUT2D eigenvalue weighted by molar-refractivity contribution is 0.112. The van der Waals surface area contributed by atoms with E-state index in [4.69, 9.17) is 10.00 Å². The monoisotopic (exact) mass is 237 g/mol. The Kier molecular flexibility index (Phi) is 3.40. The summed E-state index contributed by atoms with van der Waals surface area (Å²) >= 11 is 0. The molecule has 0 bridgehead atoms. The zero-order valence-electron chi connectivity index (χ0n) is 9.88. The highest BCUT2D eigenvalue weighted by molar-refractivity contribution is 5.77. The van der Waals surface area contributed by atoms with E-state index >= 15 is 0 Å². The molecule has 0 fully saturated rings. The van der Waals surface area contributed by atoms with Crippen LogP contribution in [0.3, 0.4) is 0 Å². The Labute approximate surface area is 105 Å². The molecule has 0 aromatic heterocycles. The van der Waals surface area contributed by atoms with Gasteiger partial charge >= 0.3 is 0 Å². The first-order valence-corrected chi connectivity index (χ1v) is 5.47. The Morgan fingerprint density at radius 1 is 1.11 bits per heavy atom. The number of ether oxygens (including phenoxy) is 1. The van der Waals surface area contributed by atoms with Crippen molar-refractivity contribution in [3.63, 3.8) is 0 Å². The van der Waals surface area contributed by atoms with Gasteiger partial charge in [0.25, 0.3) is 0 Å². The summed E-state index contributed by atoms with van der Waals surface area (Å²) in [6.45, 7) is 1.86. The second-order valence-electron chi connectivity index (χ2n) is 3.87. The number of nitriles is 1. The molecule has 0 aliphatic heterocycles. The Morgan fingerprint density at radius 3 is 2.33 bits per heavy atom. The summed E-state index contributed by atoms with van der Waals surface area (Å²) in [5.74, 6) is 1.33. The predicted molar refractivity (Wildman–Crippen MR) is 67.8 cm³/mol. The van der Waals surface area contributed by atoms with Crippen molar-refractivity contribution in [2.45, 2.75) is 6.92 Å². The van der Waals surface area contributed by atoms with E-state index in [0.29, 0.717) is 22.6 Å². The summed E-state index contributed by atoms with van der Waals surface area (Å²) in [6.07, 6.45) is 0.820. The number of nitrogens with zero attached hydrogens (tertiary/aromatic N) is 1. The van der Waals surface area contributed by atoms with Crippen molar-refractivity contribution in [2.75, 3.05) is 0 Å². The van der Waals surface area contributed by atoms with Gasteiger partial charge in [-0.15, -0.1) is 0 Å². The van der Waals surface area contributed by atoms with E-state index in [1.165, 1.54) is 0 Å². The van der Waals surface area contributed by atoms with E-state index in [1.54, 1.807) is 36.4 Å². The van der Waals surface area contributed by atoms with E-state index in [-0.39, 0.29) is 0 Å². The van der Waals surface area contributed by atoms with Crippen LogP contribution in [0.4, 0.5) is 0 Å². The molecule has 0 amide bonds. The first-order valence-electron chi connectivity index (χ1n) is 5.47. The van der Waals surface area contributed by atoms with Crippen LogP contribution in [0, 0.1) is 18.3 Å². The lowest BCUT2D eigenvalue weighted by atomic mass is 10.1. The van der Waals surface area contributed by atoms with Crippen molar-refractivity contribution in [1.82, 2.24) is 0 Å². The van der Waals surface area contributed by atoms with Gasteiger partial charge in [0, 0.05) is 5.56 Å². The quantitative estimate of drug-likeness (QED) is 0.768. The standard InChI is InChI=1S/C15H11NO2/c1-11-8-15(7-4-13(11)10-17)18-14-5-2-12(9-16)3-6-14/h2-8,10H,1H3. The molecule has 0 radical (unpaired) electrons. The zero-order valence-corrected chi connectivity index (χ0v) is 9.88. The van der Waals surface area contributed by atoms with Crippen LogP contribution < -0.4 is 4.74 Å². The molecule has 0 spiro atoms. The summed E-state index contributed by atoms with van der Waals surface area (Å²) in [4.78, 5) is 10.7. The molecule has 3 nitrogen and oxygen atoms in total. The van der Waals surface area contributed by atoms with Crippen molar-refractivity contribution >= 4 is 6.29 Å². The van der Waals surface area contributed by atoms with E-state index in [1.807, 2.05) is 19.1 Å². The smallest absolute Gasteiger partial charge is 0.150 e. The van der Waals surface area contributed by atoms with Gasteiger partial charge in [-0.3, -0.25) is 4.79 Å². The molecule has 0 saturated heterocycles. The third-order valence-electron chi connectivity index (χ3n) is 2.59. The largest absolute Gasteiger partial charge is 0.457 e. The highest BCUT2D eigenvalue weighted by Crippen LogP contribution is 2.23. The molecule has 2 aromatic carbocycles. The minimum absolute atomic E-state index is 0.592. The van der Waals surface area contributed by atoms with Crippen molar-refractivity contribution in [3.8, 4) is 17.6 Å². The molecule has 0 unspecified atom stereocenters. The van der Waals surface area contributed by atoms with Gasteiger partial charge in [0.15, 0.2) is 0 Å². The number of rotatable bonds is 3. The van der Waals surface area contributed by atoms with Gasteiger partial charge in [-0.1, -0.05) is 0 Å². The first-order chi connectivity index (χ1) is 8.72. The van der Waals surface area contributed by atoms with Gasteiger partial charge in [-0.05, 0) is 55.0 Å². The molecule has 2 rings (SSSR count). The van der Waals surface area contributed by atoms with Gasteiger partial charge in [0.05, 0.1) is 11.6 Å². The van der Waals surface area contributed by atoms with Crippen molar-refractivity contribution < 1.29 is 9.53 Å². The minimum atomic E-state index is 0.592. The van der Waals surface area contributed by atoms with E-state index in [9.17, 15) is 4.79 Å². The van der Waals surface area contributed by atoms with E-state index in [0.717, 1.165) is 11.8 Å². The second kappa shape index (κ2) is 5.15. The number of aryl methyl sites for hydroxylation is 1. The maximum Gasteiger partial charge on any atom is 0.150 e. The second-order valence-corrected chi connectivity index (χ2v) is 3.87. The Hall–Kier alpha value is -2.60. The lowest BCUT2D eigenvalue weighted by Gasteiger charge is -2.07.